The zero-order chi connectivity index (χ0) is 12.7. The standard InChI is InChI=1S/C15H22N2O/c1-10(2)15-6-5-13(9-16-15)17-11-3-4-12(17)8-14(18)7-11/h5-6,9-12,14,18H,3-4,7-8H2,1-2H3/t11-,12+,14-. The summed E-state index contributed by atoms with van der Waals surface area (Å²) >= 11 is 0. The molecule has 98 valence electrons. The molecule has 1 aromatic rings. The lowest BCUT2D eigenvalue weighted by Gasteiger charge is -2.38. The van der Waals surface area contributed by atoms with Gasteiger partial charge in [0.1, 0.15) is 0 Å². The lowest BCUT2D eigenvalue weighted by atomic mass is 9.99. The fourth-order valence-electron chi connectivity index (χ4n) is 3.46. The Morgan fingerprint density at radius 1 is 1.22 bits per heavy atom. The molecule has 2 aliphatic rings. The lowest BCUT2D eigenvalue weighted by Crippen LogP contribution is -2.44. The maximum atomic E-state index is 9.83. The highest BCUT2D eigenvalue weighted by atomic mass is 16.3. The SMILES string of the molecule is CC(C)c1ccc(N2[C@@H]3CC[C@H]2C[C@H](O)C3)cn1. The Labute approximate surface area is 109 Å². The summed E-state index contributed by atoms with van der Waals surface area (Å²) in [6, 6.07) is 5.38. The maximum Gasteiger partial charge on any atom is 0.0579 e. The van der Waals surface area contributed by atoms with Crippen LogP contribution in [0.4, 0.5) is 5.69 Å². The van der Waals surface area contributed by atoms with Crippen LogP contribution in [0.1, 0.15) is 51.1 Å². The van der Waals surface area contributed by atoms with Gasteiger partial charge in [-0.25, -0.2) is 0 Å². The second-order valence-corrected chi connectivity index (χ2v) is 6.01. The van der Waals surface area contributed by atoms with Gasteiger partial charge in [-0.1, -0.05) is 13.8 Å². The number of hydrogen-bond donors (Lipinski definition) is 1. The molecule has 2 saturated heterocycles. The number of anilines is 1. The van der Waals surface area contributed by atoms with Crippen molar-refractivity contribution >= 4 is 5.69 Å². The van der Waals surface area contributed by atoms with Gasteiger partial charge in [0.2, 0.25) is 0 Å². The van der Waals surface area contributed by atoms with Gasteiger partial charge in [-0.3, -0.25) is 4.98 Å². The smallest absolute Gasteiger partial charge is 0.0579 e. The van der Waals surface area contributed by atoms with Gasteiger partial charge < -0.3 is 10.0 Å². The highest BCUT2D eigenvalue weighted by molar-refractivity contribution is 5.49. The van der Waals surface area contributed by atoms with E-state index in [4.69, 9.17) is 0 Å². The molecule has 0 unspecified atom stereocenters. The molecular weight excluding hydrogens is 224 g/mol. The van der Waals surface area contributed by atoms with Gasteiger partial charge in [0, 0.05) is 17.8 Å². The molecule has 0 aliphatic carbocycles. The molecule has 0 saturated carbocycles. The van der Waals surface area contributed by atoms with Crippen LogP contribution in [-0.2, 0) is 0 Å². The average Bonchev–Trinajstić information content (AvgIpc) is 2.62. The normalized spacial score (nSPS) is 31.1. The van der Waals surface area contributed by atoms with E-state index in [1.807, 2.05) is 6.20 Å². The van der Waals surface area contributed by atoms with Crippen LogP contribution in [-0.4, -0.2) is 28.3 Å². The fraction of sp³-hybridized carbons (Fsp3) is 0.667. The molecule has 2 fully saturated rings. The number of aliphatic hydroxyl groups is 1. The van der Waals surface area contributed by atoms with Crippen molar-refractivity contribution in [2.45, 2.75) is 63.6 Å². The van der Waals surface area contributed by atoms with Crippen molar-refractivity contribution in [3.63, 3.8) is 0 Å². The molecule has 2 bridgehead atoms. The van der Waals surface area contributed by atoms with Crippen LogP contribution in [0.3, 0.4) is 0 Å². The van der Waals surface area contributed by atoms with E-state index in [0.29, 0.717) is 18.0 Å². The summed E-state index contributed by atoms with van der Waals surface area (Å²) in [7, 11) is 0. The highest BCUT2D eigenvalue weighted by Gasteiger charge is 2.40. The second-order valence-electron chi connectivity index (χ2n) is 6.01. The van der Waals surface area contributed by atoms with Gasteiger partial charge in [-0.05, 0) is 43.7 Å². The molecule has 18 heavy (non-hydrogen) atoms. The number of nitrogens with zero attached hydrogens (tertiary/aromatic N) is 2. The Morgan fingerprint density at radius 3 is 2.39 bits per heavy atom. The molecule has 0 amide bonds. The largest absolute Gasteiger partial charge is 0.393 e. The number of fused-ring (bicyclic) bond motifs is 2. The third-order valence-electron chi connectivity index (χ3n) is 4.37. The monoisotopic (exact) mass is 246 g/mol. The van der Waals surface area contributed by atoms with Gasteiger partial charge in [0.15, 0.2) is 0 Å². The fourth-order valence-corrected chi connectivity index (χ4v) is 3.46. The minimum atomic E-state index is -0.0957. The van der Waals surface area contributed by atoms with Crippen LogP contribution in [0, 0.1) is 0 Å². The van der Waals surface area contributed by atoms with Crippen molar-refractivity contribution in [3.05, 3.63) is 24.0 Å². The Morgan fingerprint density at radius 2 is 1.89 bits per heavy atom. The summed E-state index contributed by atoms with van der Waals surface area (Å²) < 4.78 is 0. The average molecular weight is 246 g/mol. The first kappa shape index (κ1) is 12.0. The highest BCUT2D eigenvalue weighted by Crippen LogP contribution is 2.39. The number of aliphatic hydroxyl groups excluding tert-OH is 1. The Balaban J connectivity index is 1.83. The maximum absolute atomic E-state index is 9.83. The van der Waals surface area contributed by atoms with Gasteiger partial charge >= 0.3 is 0 Å². The van der Waals surface area contributed by atoms with Crippen molar-refractivity contribution in [3.8, 4) is 0 Å². The zero-order valence-corrected chi connectivity index (χ0v) is 11.2. The third kappa shape index (κ3) is 2.01. The van der Waals surface area contributed by atoms with Crippen molar-refractivity contribution in [1.29, 1.82) is 0 Å². The predicted octanol–water partition coefficient (Wildman–Crippen LogP) is 2.70. The summed E-state index contributed by atoms with van der Waals surface area (Å²) in [6.07, 6.45) is 6.19. The second kappa shape index (κ2) is 4.54. The lowest BCUT2D eigenvalue weighted by molar-refractivity contribution is 0.126. The molecule has 3 heteroatoms. The van der Waals surface area contributed by atoms with Crippen LogP contribution in [0.15, 0.2) is 18.3 Å². The number of piperidine rings is 1. The van der Waals surface area contributed by atoms with E-state index in [2.05, 4.69) is 35.9 Å². The molecule has 0 aromatic carbocycles. The summed E-state index contributed by atoms with van der Waals surface area (Å²) in [5.74, 6) is 0.485. The van der Waals surface area contributed by atoms with E-state index in [9.17, 15) is 5.11 Å². The van der Waals surface area contributed by atoms with Gasteiger partial charge in [0.05, 0.1) is 18.0 Å². The third-order valence-corrected chi connectivity index (χ3v) is 4.37. The molecule has 3 nitrogen and oxygen atoms in total. The molecular formula is C15H22N2O. The molecule has 3 heterocycles. The van der Waals surface area contributed by atoms with Gasteiger partial charge in [0.25, 0.3) is 0 Å². The van der Waals surface area contributed by atoms with E-state index >= 15 is 0 Å². The Kier molecular flexibility index (Phi) is 3.02. The summed E-state index contributed by atoms with van der Waals surface area (Å²) in [5, 5.41) is 9.83. The van der Waals surface area contributed by atoms with E-state index in [1.54, 1.807) is 0 Å². The summed E-state index contributed by atoms with van der Waals surface area (Å²) in [4.78, 5) is 7.05. The number of hydrogen-bond acceptors (Lipinski definition) is 3. The first-order chi connectivity index (χ1) is 8.65. The molecule has 2 aliphatic heterocycles. The van der Waals surface area contributed by atoms with Crippen LogP contribution in [0.25, 0.3) is 0 Å². The van der Waals surface area contributed by atoms with E-state index in [-0.39, 0.29) is 6.10 Å². The minimum absolute atomic E-state index is 0.0957. The first-order valence-electron chi connectivity index (χ1n) is 7.07. The Hall–Kier alpha value is -1.09. The van der Waals surface area contributed by atoms with Gasteiger partial charge in [-0.2, -0.15) is 0 Å². The first-order valence-corrected chi connectivity index (χ1v) is 7.07. The quantitative estimate of drug-likeness (QED) is 0.871. The molecule has 3 atom stereocenters. The van der Waals surface area contributed by atoms with Crippen LogP contribution < -0.4 is 4.90 Å². The zero-order valence-electron chi connectivity index (χ0n) is 11.2. The topological polar surface area (TPSA) is 36.4 Å². The molecule has 0 radical (unpaired) electrons. The molecule has 1 aromatic heterocycles. The molecule has 0 spiro atoms. The van der Waals surface area contributed by atoms with Crippen molar-refractivity contribution in [2.24, 2.45) is 0 Å². The van der Waals surface area contributed by atoms with Crippen LogP contribution in [0.2, 0.25) is 0 Å². The van der Waals surface area contributed by atoms with Crippen molar-refractivity contribution < 1.29 is 5.11 Å². The molecule has 3 rings (SSSR count). The summed E-state index contributed by atoms with van der Waals surface area (Å²) in [6.45, 7) is 4.34. The number of rotatable bonds is 2. The molecule has 1 N–H and O–H groups in total. The number of pyridine rings is 1. The predicted molar refractivity (Wildman–Crippen MR) is 72.9 cm³/mol. The van der Waals surface area contributed by atoms with E-state index < -0.39 is 0 Å². The van der Waals surface area contributed by atoms with Crippen LogP contribution >= 0.6 is 0 Å². The van der Waals surface area contributed by atoms with E-state index in [0.717, 1.165) is 18.5 Å². The van der Waals surface area contributed by atoms with E-state index in [1.165, 1.54) is 18.5 Å². The number of aromatic nitrogens is 1. The Bertz CT molecular complexity index is 401. The van der Waals surface area contributed by atoms with Crippen molar-refractivity contribution in [1.82, 2.24) is 4.98 Å². The van der Waals surface area contributed by atoms with Crippen LogP contribution in [0.5, 0.6) is 0 Å². The van der Waals surface area contributed by atoms with Gasteiger partial charge in [-0.15, -0.1) is 0 Å². The van der Waals surface area contributed by atoms with Crippen molar-refractivity contribution in [2.75, 3.05) is 4.90 Å². The minimum Gasteiger partial charge on any atom is -0.393 e. The summed E-state index contributed by atoms with van der Waals surface area (Å²) in [5.41, 5.74) is 2.39.